The van der Waals surface area contributed by atoms with Crippen LogP contribution in [0.4, 0.5) is 0 Å². The average Bonchev–Trinajstić information content (AvgIpc) is 2.48. The zero-order valence-electron chi connectivity index (χ0n) is 9.74. The van der Waals surface area contributed by atoms with Crippen molar-refractivity contribution in [2.45, 2.75) is 51.0 Å². The van der Waals surface area contributed by atoms with Gasteiger partial charge in [-0.15, -0.1) is 0 Å². The molecule has 1 fully saturated rings. The molecule has 2 unspecified atom stereocenters. The Morgan fingerprint density at radius 1 is 1.38 bits per heavy atom. The van der Waals surface area contributed by atoms with Gasteiger partial charge < -0.3 is 11.1 Å². The molecular weight excluding hydrogens is 202 g/mol. The van der Waals surface area contributed by atoms with Crippen molar-refractivity contribution in [3.63, 3.8) is 0 Å². The van der Waals surface area contributed by atoms with E-state index in [4.69, 9.17) is 11.0 Å². The Bertz CT molecular complexity index is 259. The Morgan fingerprint density at radius 2 is 2.12 bits per heavy atom. The number of carbonyl (C=O) groups excluding carboxylic acids is 1. The van der Waals surface area contributed by atoms with Gasteiger partial charge in [-0.3, -0.25) is 4.79 Å². The van der Waals surface area contributed by atoms with Crippen LogP contribution in [-0.4, -0.2) is 18.5 Å². The number of primary amides is 1. The van der Waals surface area contributed by atoms with Gasteiger partial charge in [0.15, 0.2) is 0 Å². The number of hydrogen-bond donors (Lipinski definition) is 2. The highest BCUT2D eigenvalue weighted by Crippen LogP contribution is 2.22. The zero-order valence-corrected chi connectivity index (χ0v) is 9.74. The van der Waals surface area contributed by atoms with E-state index in [1.165, 1.54) is 12.8 Å². The molecule has 1 aliphatic carbocycles. The van der Waals surface area contributed by atoms with Gasteiger partial charge >= 0.3 is 0 Å². The molecule has 1 aliphatic rings. The Labute approximate surface area is 97.2 Å². The smallest absolute Gasteiger partial charge is 0.217 e. The van der Waals surface area contributed by atoms with E-state index in [-0.39, 0.29) is 11.8 Å². The monoisotopic (exact) mass is 223 g/mol. The van der Waals surface area contributed by atoms with Crippen molar-refractivity contribution >= 4 is 5.91 Å². The van der Waals surface area contributed by atoms with E-state index < -0.39 is 0 Å². The van der Waals surface area contributed by atoms with E-state index >= 15 is 0 Å². The van der Waals surface area contributed by atoms with Gasteiger partial charge in [-0.05, 0) is 25.8 Å². The molecule has 0 spiro atoms. The van der Waals surface area contributed by atoms with Crippen LogP contribution in [0.1, 0.15) is 44.9 Å². The molecule has 0 aromatic rings. The first-order chi connectivity index (χ1) is 7.74. The van der Waals surface area contributed by atoms with Crippen molar-refractivity contribution in [2.75, 3.05) is 6.54 Å². The van der Waals surface area contributed by atoms with Gasteiger partial charge in [-0.2, -0.15) is 5.26 Å². The van der Waals surface area contributed by atoms with E-state index in [1.807, 2.05) is 0 Å². The minimum atomic E-state index is -0.250. The van der Waals surface area contributed by atoms with Crippen molar-refractivity contribution < 1.29 is 4.79 Å². The van der Waals surface area contributed by atoms with Crippen LogP contribution in [0.2, 0.25) is 0 Å². The first-order valence-corrected chi connectivity index (χ1v) is 6.15. The van der Waals surface area contributed by atoms with E-state index in [2.05, 4.69) is 11.4 Å². The Balaban J connectivity index is 2.26. The number of rotatable bonds is 5. The van der Waals surface area contributed by atoms with Crippen LogP contribution < -0.4 is 11.1 Å². The highest BCUT2D eigenvalue weighted by atomic mass is 16.1. The normalized spacial score (nSPS) is 25.7. The summed E-state index contributed by atoms with van der Waals surface area (Å²) < 4.78 is 0. The lowest BCUT2D eigenvalue weighted by molar-refractivity contribution is -0.118. The van der Waals surface area contributed by atoms with Gasteiger partial charge in [0.05, 0.1) is 12.0 Å². The molecular formula is C12H21N3O. The van der Waals surface area contributed by atoms with Crippen LogP contribution in [0.3, 0.4) is 0 Å². The fourth-order valence-electron chi connectivity index (χ4n) is 2.26. The van der Waals surface area contributed by atoms with E-state index in [0.717, 1.165) is 32.2 Å². The molecule has 4 heteroatoms. The molecule has 0 saturated heterocycles. The van der Waals surface area contributed by atoms with Crippen LogP contribution in [0.5, 0.6) is 0 Å². The van der Waals surface area contributed by atoms with Crippen LogP contribution in [0.25, 0.3) is 0 Å². The maximum atomic E-state index is 10.6. The van der Waals surface area contributed by atoms with Crippen molar-refractivity contribution in [1.29, 1.82) is 5.26 Å². The molecule has 0 radical (unpaired) electrons. The van der Waals surface area contributed by atoms with Crippen molar-refractivity contribution in [1.82, 2.24) is 5.32 Å². The summed E-state index contributed by atoms with van der Waals surface area (Å²) in [4.78, 5) is 10.6. The number of nitrogens with zero attached hydrogens (tertiary/aromatic N) is 1. The molecule has 90 valence electrons. The summed E-state index contributed by atoms with van der Waals surface area (Å²) in [6, 6.07) is 2.70. The third-order valence-corrected chi connectivity index (χ3v) is 3.19. The lowest BCUT2D eigenvalue weighted by Crippen LogP contribution is -2.35. The number of nitrogens with one attached hydrogen (secondary N) is 1. The number of carbonyl (C=O) groups is 1. The summed E-state index contributed by atoms with van der Waals surface area (Å²) in [7, 11) is 0. The van der Waals surface area contributed by atoms with Crippen molar-refractivity contribution in [3.8, 4) is 6.07 Å². The largest absolute Gasteiger partial charge is 0.370 e. The zero-order chi connectivity index (χ0) is 11.8. The van der Waals surface area contributed by atoms with E-state index in [0.29, 0.717) is 12.5 Å². The molecule has 2 atom stereocenters. The summed E-state index contributed by atoms with van der Waals surface area (Å²) in [6.45, 7) is 0.784. The predicted molar refractivity (Wildman–Crippen MR) is 62.4 cm³/mol. The standard InChI is InChI=1S/C12H21N3O/c13-9-10-5-2-1-3-6-11(10)15-8-4-7-12(14)16/h10-11,15H,1-8H2,(H2,14,16). The van der Waals surface area contributed by atoms with Gasteiger partial charge in [0.2, 0.25) is 5.91 Å². The topological polar surface area (TPSA) is 78.9 Å². The first kappa shape index (κ1) is 13.0. The molecule has 3 N–H and O–H groups in total. The Morgan fingerprint density at radius 3 is 2.81 bits per heavy atom. The average molecular weight is 223 g/mol. The van der Waals surface area contributed by atoms with E-state index in [1.54, 1.807) is 0 Å². The second-order valence-electron chi connectivity index (χ2n) is 4.50. The Kier molecular flexibility index (Phi) is 5.87. The molecule has 1 rings (SSSR count). The van der Waals surface area contributed by atoms with E-state index in [9.17, 15) is 4.79 Å². The van der Waals surface area contributed by atoms with Crippen LogP contribution in [0, 0.1) is 17.2 Å². The number of nitrogens with two attached hydrogens (primary N) is 1. The summed E-state index contributed by atoms with van der Waals surface area (Å²) in [5, 5.41) is 12.5. The second kappa shape index (κ2) is 7.24. The molecule has 0 aromatic carbocycles. The Hall–Kier alpha value is -1.08. The van der Waals surface area contributed by atoms with Gasteiger partial charge in [0.25, 0.3) is 0 Å². The fraction of sp³-hybridized carbons (Fsp3) is 0.833. The minimum absolute atomic E-state index is 0.135. The lowest BCUT2D eigenvalue weighted by atomic mass is 9.96. The summed E-state index contributed by atoms with van der Waals surface area (Å²) >= 11 is 0. The molecule has 0 aromatic heterocycles. The van der Waals surface area contributed by atoms with Crippen LogP contribution in [0.15, 0.2) is 0 Å². The summed E-state index contributed by atoms with van der Waals surface area (Å²) in [6.07, 6.45) is 6.88. The maximum absolute atomic E-state index is 10.6. The van der Waals surface area contributed by atoms with Crippen molar-refractivity contribution in [2.24, 2.45) is 11.7 Å². The quantitative estimate of drug-likeness (QED) is 0.545. The molecule has 4 nitrogen and oxygen atoms in total. The third-order valence-electron chi connectivity index (χ3n) is 3.19. The SMILES string of the molecule is N#CC1CCCCCC1NCCCC(N)=O. The predicted octanol–water partition coefficient (Wildman–Crippen LogP) is 1.31. The third kappa shape index (κ3) is 4.63. The van der Waals surface area contributed by atoms with Gasteiger partial charge in [0, 0.05) is 12.5 Å². The molecule has 1 saturated carbocycles. The lowest BCUT2D eigenvalue weighted by Gasteiger charge is -2.20. The number of amides is 1. The highest BCUT2D eigenvalue weighted by Gasteiger charge is 2.22. The van der Waals surface area contributed by atoms with Crippen LogP contribution >= 0.6 is 0 Å². The van der Waals surface area contributed by atoms with Crippen LogP contribution in [-0.2, 0) is 4.79 Å². The summed E-state index contributed by atoms with van der Waals surface area (Å²) in [5.74, 6) is -0.115. The molecule has 16 heavy (non-hydrogen) atoms. The van der Waals surface area contributed by atoms with Gasteiger partial charge in [-0.25, -0.2) is 0 Å². The minimum Gasteiger partial charge on any atom is -0.370 e. The fourth-order valence-corrected chi connectivity index (χ4v) is 2.26. The number of hydrogen-bond acceptors (Lipinski definition) is 3. The molecule has 0 bridgehead atoms. The first-order valence-electron chi connectivity index (χ1n) is 6.15. The van der Waals surface area contributed by atoms with Gasteiger partial charge in [-0.1, -0.05) is 19.3 Å². The number of nitriles is 1. The molecule has 0 aliphatic heterocycles. The molecule has 1 amide bonds. The van der Waals surface area contributed by atoms with Crippen molar-refractivity contribution in [3.05, 3.63) is 0 Å². The maximum Gasteiger partial charge on any atom is 0.217 e. The molecule has 0 heterocycles. The van der Waals surface area contributed by atoms with Gasteiger partial charge in [0.1, 0.15) is 0 Å². The second-order valence-corrected chi connectivity index (χ2v) is 4.50. The highest BCUT2D eigenvalue weighted by molar-refractivity contribution is 5.73. The summed E-state index contributed by atoms with van der Waals surface area (Å²) in [5.41, 5.74) is 5.07.